The maximum atomic E-state index is 11.2. The molecule has 0 saturated carbocycles. The first-order valence-electron chi connectivity index (χ1n) is 10.6. The molecule has 3 N–H and O–H groups in total. The van der Waals surface area contributed by atoms with Crippen molar-refractivity contribution in [3.63, 3.8) is 0 Å². The number of carboxylic acid groups (broad SMARTS) is 1. The first kappa shape index (κ1) is 20.7. The normalized spacial score (nSPS) is 32.0. The van der Waals surface area contributed by atoms with Crippen LogP contribution in [-0.4, -0.2) is 29.3 Å². The Balaban J connectivity index is 1.61. The third kappa shape index (κ3) is 4.17. The molecule has 2 unspecified atom stereocenters. The number of carboxylic acids is 1. The third-order valence-electron chi connectivity index (χ3n) is 6.16. The van der Waals surface area contributed by atoms with Crippen LogP contribution in [0, 0.1) is 11.3 Å². The zero-order chi connectivity index (χ0) is 21.7. The minimum absolute atomic E-state index is 0.0369. The summed E-state index contributed by atoms with van der Waals surface area (Å²) in [6, 6.07) is 0. The Bertz CT molecular complexity index is 956. The highest BCUT2D eigenvalue weighted by Crippen LogP contribution is 2.42. The second-order valence-corrected chi connectivity index (χ2v) is 9.69. The maximum absolute atomic E-state index is 11.2. The lowest BCUT2D eigenvalue weighted by Gasteiger charge is -2.21. The van der Waals surface area contributed by atoms with Gasteiger partial charge in [0.05, 0.1) is 18.6 Å². The summed E-state index contributed by atoms with van der Waals surface area (Å²) in [7, 11) is 0. The number of allylic oxidation sites excluding steroid dienone is 6. The summed E-state index contributed by atoms with van der Waals surface area (Å²) < 4.78 is 12.4. The number of ether oxygens (including phenoxy) is 2. The van der Waals surface area contributed by atoms with Gasteiger partial charge in [-0.25, -0.2) is 0 Å². The van der Waals surface area contributed by atoms with Crippen LogP contribution < -0.4 is 5.73 Å². The maximum Gasteiger partial charge on any atom is 0.304 e. The van der Waals surface area contributed by atoms with E-state index in [4.69, 9.17) is 15.2 Å². The molecule has 5 nitrogen and oxygen atoms in total. The molecule has 1 heterocycles. The van der Waals surface area contributed by atoms with Gasteiger partial charge >= 0.3 is 5.97 Å². The number of fused-ring (bicyclic) bond motifs is 1. The molecule has 0 radical (unpaired) electrons. The van der Waals surface area contributed by atoms with Gasteiger partial charge in [0.15, 0.2) is 0 Å². The van der Waals surface area contributed by atoms with Crippen LogP contribution in [0.2, 0.25) is 0 Å². The number of hydrogen-bond donors (Lipinski definition) is 2. The van der Waals surface area contributed by atoms with Crippen LogP contribution in [0.3, 0.4) is 0 Å². The first-order valence-corrected chi connectivity index (χ1v) is 10.6. The molecule has 0 bridgehead atoms. The average molecular weight is 410 g/mol. The van der Waals surface area contributed by atoms with Crippen LogP contribution in [0.5, 0.6) is 0 Å². The van der Waals surface area contributed by atoms with E-state index in [1.54, 1.807) is 0 Å². The predicted molar refractivity (Wildman–Crippen MR) is 116 cm³/mol. The Morgan fingerprint density at radius 1 is 1.30 bits per heavy atom. The monoisotopic (exact) mass is 409 g/mol. The molecule has 4 aliphatic rings. The van der Waals surface area contributed by atoms with Crippen molar-refractivity contribution < 1.29 is 19.4 Å². The highest BCUT2D eigenvalue weighted by atomic mass is 16.5. The fourth-order valence-electron chi connectivity index (χ4n) is 4.87. The van der Waals surface area contributed by atoms with Crippen molar-refractivity contribution in [3.8, 4) is 0 Å². The summed E-state index contributed by atoms with van der Waals surface area (Å²) in [6.07, 6.45) is 14.4. The highest BCUT2D eigenvalue weighted by Gasteiger charge is 2.35. The van der Waals surface area contributed by atoms with Crippen molar-refractivity contribution in [1.29, 1.82) is 0 Å². The summed E-state index contributed by atoms with van der Waals surface area (Å²) in [5.41, 5.74) is 10.3. The van der Waals surface area contributed by atoms with Crippen molar-refractivity contribution in [1.82, 2.24) is 0 Å². The zero-order valence-electron chi connectivity index (χ0n) is 18.2. The predicted octanol–water partition coefficient (Wildman–Crippen LogP) is 4.55. The quantitative estimate of drug-likeness (QED) is 0.712. The molecular formula is C25H31NO4. The third-order valence-corrected chi connectivity index (χ3v) is 6.16. The molecule has 0 amide bonds. The molecule has 3 aliphatic carbocycles. The van der Waals surface area contributed by atoms with E-state index < -0.39 is 11.5 Å². The average Bonchev–Trinajstić information content (AvgIpc) is 3.09. The Hall–Kier alpha value is -2.53. The van der Waals surface area contributed by atoms with Crippen molar-refractivity contribution in [3.05, 3.63) is 70.3 Å². The smallest absolute Gasteiger partial charge is 0.304 e. The molecule has 0 spiro atoms. The second-order valence-electron chi connectivity index (χ2n) is 9.69. The number of carbonyl (C=O) groups is 1. The van der Waals surface area contributed by atoms with Gasteiger partial charge in [0.25, 0.3) is 0 Å². The van der Waals surface area contributed by atoms with Gasteiger partial charge < -0.3 is 20.3 Å². The molecule has 1 fully saturated rings. The Kier molecular flexibility index (Phi) is 5.05. The van der Waals surface area contributed by atoms with Crippen molar-refractivity contribution in [2.75, 3.05) is 6.61 Å². The largest absolute Gasteiger partial charge is 0.493 e. The van der Waals surface area contributed by atoms with Gasteiger partial charge in [0.1, 0.15) is 17.6 Å². The minimum Gasteiger partial charge on any atom is -0.493 e. The Morgan fingerprint density at radius 2 is 2.07 bits per heavy atom. The van der Waals surface area contributed by atoms with E-state index >= 15 is 0 Å². The van der Waals surface area contributed by atoms with Gasteiger partial charge in [-0.2, -0.15) is 0 Å². The molecule has 1 aliphatic heterocycles. The minimum atomic E-state index is -0.807. The molecule has 30 heavy (non-hydrogen) atoms. The highest BCUT2D eigenvalue weighted by molar-refractivity contribution is 5.68. The van der Waals surface area contributed by atoms with E-state index in [1.807, 2.05) is 19.1 Å². The van der Waals surface area contributed by atoms with E-state index in [1.165, 1.54) is 16.7 Å². The fourth-order valence-corrected chi connectivity index (χ4v) is 4.87. The molecule has 1 saturated heterocycles. The van der Waals surface area contributed by atoms with Gasteiger partial charge in [-0.3, -0.25) is 4.79 Å². The number of nitrogens with two attached hydrogens (primary N) is 1. The summed E-state index contributed by atoms with van der Waals surface area (Å²) in [5, 5.41) is 9.23. The lowest BCUT2D eigenvalue weighted by atomic mass is 9.87. The van der Waals surface area contributed by atoms with Crippen LogP contribution in [0.25, 0.3) is 0 Å². The van der Waals surface area contributed by atoms with E-state index in [0.29, 0.717) is 6.61 Å². The SMILES string of the molecule is CC1=CC(C)(N)C=CC2=C1CC[C@H]2OC1=CC(C)(C)C=C2C(=C1)OCC2CC(=O)O. The molecular weight excluding hydrogens is 378 g/mol. The Morgan fingerprint density at radius 3 is 2.80 bits per heavy atom. The molecule has 160 valence electrons. The molecule has 0 aromatic carbocycles. The summed E-state index contributed by atoms with van der Waals surface area (Å²) in [5.74, 6) is 0.567. The zero-order valence-corrected chi connectivity index (χ0v) is 18.2. The standard InChI is InChI=1S/C25H31NO4/c1-15-11-25(4,26)8-7-19-18(15)5-6-21(19)30-17-10-22-20(13-24(2,3)12-17)16(14-29-22)9-23(27)28/h7-8,10-13,16,21H,5-6,9,14,26H2,1-4H3,(H,27,28)/t16?,21-,25?/m1/s1. The van der Waals surface area contributed by atoms with E-state index in [0.717, 1.165) is 29.9 Å². The van der Waals surface area contributed by atoms with Crippen molar-refractivity contribution in [2.45, 2.75) is 58.6 Å². The summed E-state index contributed by atoms with van der Waals surface area (Å²) in [4.78, 5) is 11.2. The van der Waals surface area contributed by atoms with Crippen LogP contribution >= 0.6 is 0 Å². The number of hydrogen-bond acceptors (Lipinski definition) is 4. The molecule has 0 aromatic rings. The summed E-state index contributed by atoms with van der Waals surface area (Å²) in [6.45, 7) is 8.73. The van der Waals surface area contributed by atoms with E-state index in [-0.39, 0.29) is 23.9 Å². The van der Waals surface area contributed by atoms with Crippen LogP contribution in [-0.2, 0) is 14.3 Å². The van der Waals surface area contributed by atoms with Gasteiger partial charge in [0, 0.05) is 17.4 Å². The fraction of sp³-hybridized carbons (Fsp3) is 0.480. The first-order chi connectivity index (χ1) is 14.0. The van der Waals surface area contributed by atoms with Gasteiger partial charge in [-0.15, -0.1) is 0 Å². The number of aliphatic carboxylic acids is 1. The van der Waals surface area contributed by atoms with Crippen LogP contribution in [0.1, 0.15) is 47.0 Å². The molecule has 5 heteroatoms. The second kappa shape index (κ2) is 7.31. The van der Waals surface area contributed by atoms with Gasteiger partial charge in [-0.05, 0) is 55.1 Å². The Labute approximate surface area is 178 Å². The van der Waals surface area contributed by atoms with E-state index in [2.05, 4.69) is 45.1 Å². The lowest BCUT2D eigenvalue weighted by molar-refractivity contribution is -0.137. The molecule has 0 aromatic heterocycles. The van der Waals surface area contributed by atoms with E-state index in [9.17, 15) is 9.90 Å². The van der Waals surface area contributed by atoms with Crippen molar-refractivity contribution in [2.24, 2.45) is 17.1 Å². The molecule has 3 atom stereocenters. The van der Waals surface area contributed by atoms with Gasteiger partial charge in [-0.1, -0.05) is 38.2 Å². The van der Waals surface area contributed by atoms with Crippen LogP contribution in [0.4, 0.5) is 0 Å². The van der Waals surface area contributed by atoms with Crippen LogP contribution in [0.15, 0.2) is 70.3 Å². The number of rotatable bonds is 4. The van der Waals surface area contributed by atoms with Gasteiger partial charge in [0.2, 0.25) is 0 Å². The topological polar surface area (TPSA) is 81.8 Å². The molecule has 4 rings (SSSR count). The van der Waals surface area contributed by atoms with Crippen molar-refractivity contribution >= 4 is 5.97 Å². The lowest BCUT2D eigenvalue weighted by Crippen LogP contribution is -2.31. The summed E-state index contributed by atoms with van der Waals surface area (Å²) >= 11 is 0.